The molecule has 19 heavy (non-hydrogen) atoms. The first-order valence-electron chi connectivity index (χ1n) is 7.39. The third-order valence-corrected chi connectivity index (χ3v) is 4.65. The van der Waals surface area contributed by atoms with E-state index >= 15 is 0 Å². The van der Waals surface area contributed by atoms with E-state index in [9.17, 15) is 0 Å². The van der Waals surface area contributed by atoms with Crippen LogP contribution in [0.3, 0.4) is 0 Å². The molecule has 0 saturated carbocycles. The summed E-state index contributed by atoms with van der Waals surface area (Å²) in [5.41, 5.74) is 4.45. The van der Waals surface area contributed by atoms with Crippen molar-refractivity contribution >= 4 is 5.69 Å². The van der Waals surface area contributed by atoms with Crippen molar-refractivity contribution in [1.82, 2.24) is 5.32 Å². The third kappa shape index (κ3) is 2.49. The fraction of sp³-hybridized carbons (Fsp3) is 0.625. The minimum absolute atomic E-state index is 0.367. The van der Waals surface area contributed by atoms with Crippen molar-refractivity contribution in [3.05, 3.63) is 29.3 Å². The lowest BCUT2D eigenvalue weighted by Gasteiger charge is -2.39. The topological polar surface area (TPSA) is 24.5 Å². The summed E-state index contributed by atoms with van der Waals surface area (Å²) in [6, 6.07) is 6.74. The Hall–Kier alpha value is -1.06. The zero-order valence-electron chi connectivity index (χ0n) is 12.0. The Balaban J connectivity index is 1.86. The van der Waals surface area contributed by atoms with Crippen LogP contribution in [0.1, 0.15) is 24.5 Å². The molecular formula is C16H24N2O. The Bertz CT molecular complexity index is 446. The van der Waals surface area contributed by atoms with Gasteiger partial charge in [0.2, 0.25) is 0 Å². The van der Waals surface area contributed by atoms with Crippen molar-refractivity contribution in [2.45, 2.75) is 32.4 Å². The highest BCUT2D eigenvalue weighted by Gasteiger charge is 2.27. The van der Waals surface area contributed by atoms with E-state index in [0.717, 1.165) is 32.6 Å². The van der Waals surface area contributed by atoms with Crippen molar-refractivity contribution in [3.8, 4) is 0 Å². The van der Waals surface area contributed by atoms with E-state index in [-0.39, 0.29) is 0 Å². The highest BCUT2D eigenvalue weighted by molar-refractivity contribution is 5.58. The monoisotopic (exact) mass is 260 g/mol. The maximum absolute atomic E-state index is 5.65. The molecule has 1 fully saturated rings. The molecule has 3 rings (SSSR count). The van der Waals surface area contributed by atoms with E-state index in [1.54, 1.807) is 5.56 Å². The molecule has 0 aliphatic carbocycles. The van der Waals surface area contributed by atoms with Gasteiger partial charge in [-0.3, -0.25) is 0 Å². The highest BCUT2D eigenvalue weighted by Crippen LogP contribution is 2.30. The molecule has 3 nitrogen and oxygen atoms in total. The number of rotatable bonds is 2. The molecule has 1 aromatic rings. The van der Waals surface area contributed by atoms with Gasteiger partial charge in [0.1, 0.15) is 0 Å². The molecule has 2 unspecified atom stereocenters. The third-order valence-electron chi connectivity index (χ3n) is 4.65. The largest absolute Gasteiger partial charge is 0.379 e. The summed E-state index contributed by atoms with van der Waals surface area (Å²) in [4.78, 5) is 2.53. The van der Waals surface area contributed by atoms with Crippen molar-refractivity contribution < 1.29 is 4.74 Å². The lowest BCUT2D eigenvalue weighted by atomic mass is 9.93. The van der Waals surface area contributed by atoms with Gasteiger partial charge < -0.3 is 15.0 Å². The summed E-state index contributed by atoms with van der Waals surface area (Å²) in [6.07, 6.45) is 2.74. The second-order valence-corrected chi connectivity index (χ2v) is 5.83. The van der Waals surface area contributed by atoms with Gasteiger partial charge in [0.25, 0.3) is 0 Å². The van der Waals surface area contributed by atoms with Crippen molar-refractivity contribution in [2.75, 3.05) is 31.6 Å². The van der Waals surface area contributed by atoms with Crippen LogP contribution in [0.4, 0.5) is 5.69 Å². The second kappa shape index (κ2) is 5.51. The van der Waals surface area contributed by atoms with Crippen LogP contribution in [-0.4, -0.2) is 32.8 Å². The molecule has 0 aromatic heterocycles. The number of fused-ring (bicyclic) bond motifs is 1. The van der Waals surface area contributed by atoms with Crippen LogP contribution in [0, 0.1) is 5.92 Å². The number of piperidine rings is 1. The minimum atomic E-state index is 0.367. The average Bonchev–Trinajstić information content (AvgIpc) is 2.47. The first kappa shape index (κ1) is 12.9. The molecule has 0 bridgehead atoms. The SMILES string of the molecule is COC1CN(c2cccc3c2CCNC3)CCC1C. The van der Waals surface area contributed by atoms with Crippen molar-refractivity contribution in [3.63, 3.8) is 0 Å². The summed E-state index contributed by atoms with van der Waals surface area (Å²) in [5.74, 6) is 0.669. The Morgan fingerprint density at radius 3 is 3.11 bits per heavy atom. The van der Waals surface area contributed by atoms with E-state index in [1.165, 1.54) is 17.7 Å². The molecule has 2 atom stereocenters. The van der Waals surface area contributed by atoms with Crippen molar-refractivity contribution in [2.24, 2.45) is 5.92 Å². The summed E-state index contributed by atoms with van der Waals surface area (Å²) in [5, 5.41) is 3.45. The quantitative estimate of drug-likeness (QED) is 0.882. The Morgan fingerprint density at radius 2 is 2.26 bits per heavy atom. The number of nitrogens with zero attached hydrogens (tertiary/aromatic N) is 1. The lowest BCUT2D eigenvalue weighted by Crippen LogP contribution is -2.44. The van der Waals surface area contributed by atoms with E-state index < -0.39 is 0 Å². The van der Waals surface area contributed by atoms with Crippen LogP contribution < -0.4 is 10.2 Å². The number of methoxy groups -OCH3 is 1. The molecular weight excluding hydrogens is 236 g/mol. The number of hydrogen-bond donors (Lipinski definition) is 1. The Kier molecular flexibility index (Phi) is 3.76. The van der Waals surface area contributed by atoms with Crippen LogP contribution >= 0.6 is 0 Å². The summed E-state index contributed by atoms with van der Waals surface area (Å²) < 4.78 is 5.65. The molecule has 2 aliphatic rings. The maximum Gasteiger partial charge on any atom is 0.0772 e. The second-order valence-electron chi connectivity index (χ2n) is 5.83. The van der Waals surface area contributed by atoms with Gasteiger partial charge in [-0.25, -0.2) is 0 Å². The molecule has 2 heterocycles. The van der Waals surface area contributed by atoms with Crippen LogP contribution in [0.5, 0.6) is 0 Å². The number of benzene rings is 1. The maximum atomic E-state index is 5.65. The average molecular weight is 260 g/mol. The van der Waals surface area contributed by atoms with Gasteiger partial charge in [-0.05, 0) is 42.5 Å². The number of nitrogens with one attached hydrogen (secondary N) is 1. The first-order chi connectivity index (χ1) is 9.29. The molecule has 1 saturated heterocycles. The summed E-state index contributed by atoms with van der Waals surface area (Å²) >= 11 is 0. The molecule has 2 aliphatic heterocycles. The predicted octanol–water partition coefficient (Wildman–Crippen LogP) is 2.19. The number of hydrogen-bond acceptors (Lipinski definition) is 3. The van der Waals surface area contributed by atoms with E-state index in [4.69, 9.17) is 4.74 Å². The standard InChI is InChI=1S/C16H24N2O/c1-12-7-9-18(11-16(12)19-2)15-5-3-4-13-10-17-8-6-14(13)15/h3-5,12,16-17H,6-11H2,1-2H3. The molecule has 0 radical (unpaired) electrons. The van der Waals surface area contributed by atoms with Crippen LogP contribution in [-0.2, 0) is 17.7 Å². The molecule has 0 amide bonds. The van der Waals surface area contributed by atoms with Crippen LogP contribution in [0.15, 0.2) is 18.2 Å². The summed E-state index contributed by atoms with van der Waals surface area (Å²) in [6.45, 7) is 6.60. The van der Waals surface area contributed by atoms with Gasteiger partial charge in [-0.2, -0.15) is 0 Å². The number of ether oxygens (including phenoxy) is 1. The fourth-order valence-corrected chi connectivity index (χ4v) is 3.37. The smallest absolute Gasteiger partial charge is 0.0772 e. The van der Waals surface area contributed by atoms with Crippen LogP contribution in [0.25, 0.3) is 0 Å². The van der Waals surface area contributed by atoms with E-state index in [1.807, 2.05) is 7.11 Å². The molecule has 104 valence electrons. The molecule has 1 N–H and O–H groups in total. The van der Waals surface area contributed by atoms with Gasteiger partial charge in [0, 0.05) is 32.4 Å². The molecule has 3 heteroatoms. The van der Waals surface area contributed by atoms with E-state index in [2.05, 4.69) is 35.3 Å². The molecule has 1 aromatic carbocycles. The molecule has 0 spiro atoms. The van der Waals surface area contributed by atoms with Crippen molar-refractivity contribution in [1.29, 1.82) is 0 Å². The Morgan fingerprint density at radius 1 is 1.37 bits per heavy atom. The first-order valence-corrected chi connectivity index (χ1v) is 7.39. The van der Waals surface area contributed by atoms with Gasteiger partial charge >= 0.3 is 0 Å². The minimum Gasteiger partial charge on any atom is -0.379 e. The summed E-state index contributed by atoms with van der Waals surface area (Å²) in [7, 11) is 1.84. The predicted molar refractivity (Wildman–Crippen MR) is 78.6 cm³/mol. The van der Waals surface area contributed by atoms with Gasteiger partial charge in [0.15, 0.2) is 0 Å². The normalized spacial score (nSPS) is 27.2. The Labute approximate surface area is 115 Å². The van der Waals surface area contributed by atoms with Gasteiger partial charge in [-0.15, -0.1) is 0 Å². The fourth-order valence-electron chi connectivity index (χ4n) is 3.37. The number of anilines is 1. The van der Waals surface area contributed by atoms with Gasteiger partial charge in [-0.1, -0.05) is 19.1 Å². The highest BCUT2D eigenvalue weighted by atomic mass is 16.5. The lowest BCUT2D eigenvalue weighted by molar-refractivity contribution is 0.0498. The van der Waals surface area contributed by atoms with E-state index in [0.29, 0.717) is 12.0 Å². The van der Waals surface area contributed by atoms with Crippen LogP contribution in [0.2, 0.25) is 0 Å². The van der Waals surface area contributed by atoms with Gasteiger partial charge in [0.05, 0.1) is 6.10 Å². The zero-order chi connectivity index (χ0) is 13.2. The zero-order valence-corrected chi connectivity index (χ0v) is 12.0.